The van der Waals surface area contributed by atoms with Crippen LogP contribution in [0.1, 0.15) is 13.3 Å². The fourth-order valence-corrected chi connectivity index (χ4v) is 0.957. The van der Waals surface area contributed by atoms with E-state index in [0.29, 0.717) is 0 Å². The Bertz CT molecular complexity index is 241. The highest BCUT2D eigenvalue weighted by Gasteiger charge is 2.22. The molecular formula is C8H13ClN2O4. The van der Waals surface area contributed by atoms with Gasteiger partial charge >= 0.3 is 5.97 Å². The lowest BCUT2D eigenvalue weighted by molar-refractivity contribution is -0.148. The monoisotopic (exact) mass is 236 g/mol. The zero-order valence-electron chi connectivity index (χ0n) is 8.29. The second kappa shape index (κ2) is 7.05. The Morgan fingerprint density at radius 1 is 1.47 bits per heavy atom. The van der Waals surface area contributed by atoms with Crippen LogP contribution in [0.15, 0.2) is 0 Å². The maximum absolute atomic E-state index is 11.3. The zero-order valence-corrected chi connectivity index (χ0v) is 9.04. The predicted octanol–water partition coefficient (Wildman–Crippen LogP) is -0.851. The van der Waals surface area contributed by atoms with E-state index in [-0.39, 0.29) is 18.9 Å². The number of nitrogens with two attached hydrogens (primary N) is 1. The molecule has 0 aromatic carbocycles. The second-order valence-corrected chi connectivity index (χ2v) is 3.16. The van der Waals surface area contributed by atoms with Gasteiger partial charge in [-0.15, -0.1) is 11.6 Å². The molecule has 0 rings (SSSR count). The fraction of sp³-hybridized carbons (Fsp3) is 0.625. The lowest BCUT2D eigenvalue weighted by atomic mass is 10.2. The van der Waals surface area contributed by atoms with Crippen molar-refractivity contribution >= 4 is 29.4 Å². The van der Waals surface area contributed by atoms with E-state index < -0.39 is 23.8 Å². The molecule has 3 N–H and O–H groups in total. The molecule has 0 spiro atoms. The largest absolute Gasteiger partial charge is 0.463 e. The average molecular weight is 237 g/mol. The van der Waals surface area contributed by atoms with E-state index in [1.54, 1.807) is 0 Å². The van der Waals surface area contributed by atoms with Crippen LogP contribution in [-0.2, 0) is 19.1 Å². The number of carbonyl (C=O) groups is 3. The summed E-state index contributed by atoms with van der Waals surface area (Å²) in [5, 5.41) is 2.26. The van der Waals surface area contributed by atoms with E-state index in [2.05, 4.69) is 10.1 Å². The van der Waals surface area contributed by atoms with Crippen molar-refractivity contribution in [2.45, 2.75) is 19.4 Å². The van der Waals surface area contributed by atoms with E-state index in [4.69, 9.17) is 17.3 Å². The standard InChI is InChI=1S/C8H13ClN2O4/c1-5(12)11-6(4-7(10)13)8(14)15-3-2-9/h6H,2-4H2,1H3,(H2,10,13)(H,11,12)/t6-/m1/s1. The molecular weight excluding hydrogens is 224 g/mol. The number of esters is 1. The number of amides is 2. The number of primary amides is 1. The van der Waals surface area contributed by atoms with Gasteiger partial charge in [0, 0.05) is 6.92 Å². The van der Waals surface area contributed by atoms with E-state index in [9.17, 15) is 14.4 Å². The van der Waals surface area contributed by atoms with Gasteiger partial charge in [-0.2, -0.15) is 0 Å². The lowest BCUT2D eigenvalue weighted by Gasteiger charge is -2.14. The molecule has 6 nitrogen and oxygen atoms in total. The van der Waals surface area contributed by atoms with Crippen LogP contribution >= 0.6 is 11.6 Å². The van der Waals surface area contributed by atoms with E-state index in [1.165, 1.54) is 6.92 Å². The third kappa shape index (κ3) is 6.73. The first-order chi connectivity index (χ1) is 6.97. The number of rotatable bonds is 6. The summed E-state index contributed by atoms with van der Waals surface area (Å²) in [7, 11) is 0. The summed E-state index contributed by atoms with van der Waals surface area (Å²) < 4.78 is 4.66. The number of alkyl halides is 1. The summed E-state index contributed by atoms with van der Waals surface area (Å²) in [6.07, 6.45) is -0.291. The number of hydrogen-bond donors (Lipinski definition) is 2. The van der Waals surface area contributed by atoms with Crippen molar-refractivity contribution in [3.8, 4) is 0 Å². The first kappa shape index (κ1) is 13.7. The Kier molecular flexibility index (Phi) is 6.44. The number of nitrogens with one attached hydrogen (secondary N) is 1. The number of carbonyl (C=O) groups excluding carboxylic acids is 3. The molecule has 0 saturated heterocycles. The fourth-order valence-electron chi connectivity index (χ4n) is 0.880. The summed E-state index contributed by atoms with van der Waals surface area (Å²) in [6, 6.07) is -1.04. The van der Waals surface area contributed by atoms with Gasteiger partial charge in [0.15, 0.2) is 0 Å². The molecule has 0 aromatic rings. The zero-order chi connectivity index (χ0) is 11.8. The van der Waals surface area contributed by atoms with E-state index in [1.807, 2.05) is 0 Å². The summed E-state index contributed by atoms with van der Waals surface area (Å²) >= 11 is 5.31. The van der Waals surface area contributed by atoms with Crippen LogP contribution in [0.25, 0.3) is 0 Å². The highest BCUT2D eigenvalue weighted by atomic mass is 35.5. The summed E-state index contributed by atoms with van der Waals surface area (Å²) in [4.78, 5) is 32.6. The molecule has 0 radical (unpaired) electrons. The summed E-state index contributed by atoms with van der Waals surface area (Å²) in [5.41, 5.74) is 4.91. The number of ether oxygens (including phenoxy) is 1. The van der Waals surface area contributed by atoms with Crippen LogP contribution in [0, 0.1) is 0 Å². The molecule has 15 heavy (non-hydrogen) atoms. The van der Waals surface area contributed by atoms with Crippen molar-refractivity contribution in [2.24, 2.45) is 5.73 Å². The van der Waals surface area contributed by atoms with Gasteiger partial charge < -0.3 is 15.8 Å². The Balaban J connectivity index is 4.26. The van der Waals surface area contributed by atoms with Crippen LogP contribution in [0.4, 0.5) is 0 Å². The van der Waals surface area contributed by atoms with Gasteiger partial charge in [0.1, 0.15) is 12.6 Å². The highest BCUT2D eigenvalue weighted by molar-refractivity contribution is 6.18. The van der Waals surface area contributed by atoms with E-state index >= 15 is 0 Å². The van der Waals surface area contributed by atoms with Crippen LogP contribution in [0.3, 0.4) is 0 Å². The van der Waals surface area contributed by atoms with Gasteiger partial charge in [-0.3, -0.25) is 9.59 Å². The Hall–Kier alpha value is -1.30. The topological polar surface area (TPSA) is 98.5 Å². The van der Waals surface area contributed by atoms with Gasteiger partial charge in [0.05, 0.1) is 12.3 Å². The smallest absolute Gasteiger partial charge is 0.329 e. The minimum atomic E-state index is -1.04. The van der Waals surface area contributed by atoms with Crippen LogP contribution in [-0.4, -0.2) is 36.3 Å². The molecule has 0 aromatic heterocycles. The molecule has 0 bridgehead atoms. The Morgan fingerprint density at radius 3 is 2.47 bits per heavy atom. The van der Waals surface area contributed by atoms with Gasteiger partial charge in [0.2, 0.25) is 11.8 Å². The third-order valence-corrected chi connectivity index (χ3v) is 1.54. The molecule has 0 aliphatic heterocycles. The molecule has 0 heterocycles. The summed E-state index contributed by atoms with van der Waals surface area (Å²) in [6.45, 7) is 1.25. The van der Waals surface area contributed by atoms with E-state index in [0.717, 1.165) is 0 Å². The highest BCUT2D eigenvalue weighted by Crippen LogP contribution is 1.96. The van der Waals surface area contributed by atoms with Gasteiger partial charge in [-0.05, 0) is 0 Å². The third-order valence-electron chi connectivity index (χ3n) is 1.39. The van der Waals surface area contributed by atoms with Crippen molar-refractivity contribution in [3.05, 3.63) is 0 Å². The SMILES string of the molecule is CC(=O)N[C@H](CC(N)=O)C(=O)OCCCl. The van der Waals surface area contributed by atoms with Gasteiger partial charge in [-0.25, -0.2) is 4.79 Å². The molecule has 0 aliphatic carbocycles. The molecule has 2 amide bonds. The van der Waals surface area contributed by atoms with Crippen molar-refractivity contribution < 1.29 is 19.1 Å². The number of hydrogen-bond acceptors (Lipinski definition) is 4. The first-order valence-electron chi connectivity index (χ1n) is 4.25. The number of halogens is 1. The quantitative estimate of drug-likeness (QED) is 0.464. The molecule has 0 saturated carbocycles. The lowest BCUT2D eigenvalue weighted by Crippen LogP contribution is -2.43. The van der Waals surface area contributed by atoms with Gasteiger partial charge in [-0.1, -0.05) is 0 Å². The van der Waals surface area contributed by atoms with Crippen molar-refractivity contribution in [2.75, 3.05) is 12.5 Å². The normalized spacial score (nSPS) is 11.6. The van der Waals surface area contributed by atoms with Gasteiger partial charge in [0.25, 0.3) is 0 Å². The molecule has 86 valence electrons. The van der Waals surface area contributed by atoms with Crippen molar-refractivity contribution in [1.29, 1.82) is 0 Å². The molecule has 0 unspecified atom stereocenters. The average Bonchev–Trinajstić information content (AvgIpc) is 2.11. The minimum Gasteiger partial charge on any atom is -0.463 e. The minimum absolute atomic E-state index is 0.0231. The van der Waals surface area contributed by atoms with Crippen LogP contribution in [0.2, 0.25) is 0 Å². The van der Waals surface area contributed by atoms with Crippen LogP contribution in [0.5, 0.6) is 0 Å². The molecule has 1 atom stereocenters. The maximum atomic E-state index is 11.3. The second-order valence-electron chi connectivity index (χ2n) is 2.78. The Labute approximate surface area is 92.1 Å². The molecule has 7 heteroatoms. The predicted molar refractivity (Wildman–Crippen MR) is 53.1 cm³/mol. The molecule has 0 fully saturated rings. The summed E-state index contributed by atoms with van der Waals surface area (Å²) in [5.74, 6) is -1.71. The first-order valence-corrected chi connectivity index (χ1v) is 4.78. The van der Waals surface area contributed by atoms with Crippen molar-refractivity contribution in [3.63, 3.8) is 0 Å². The van der Waals surface area contributed by atoms with Crippen LogP contribution < -0.4 is 11.1 Å². The van der Waals surface area contributed by atoms with Crippen molar-refractivity contribution in [1.82, 2.24) is 5.32 Å². The maximum Gasteiger partial charge on any atom is 0.329 e. The molecule has 0 aliphatic rings. The Morgan fingerprint density at radius 2 is 2.07 bits per heavy atom.